The molecule has 102 valence electrons. The van der Waals surface area contributed by atoms with Crippen LogP contribution < -0.4 is 5.73 Å². The quantitative estimate of drug-likeness (QED) is 0.821. The van der Waals surface area contributed by atoms with Crippen molar-refractivity contribution < 1.29 is 9.90 Å². The molecule has 0 aromatic heterocycles. The predicted octanol–water partition coefficient (Wildman–Crippen LogP) is 2.18. The van der Waals surface area contributed by atoms with Gasteiger partial charge in [0.2, 0.25) is 0 Å². The van der Waals surface area contributed by atoms with E-state index in [1.54, 1.807) is 11.0 Å². The van der Waals surface area contributed by atoms with Crippen LogP contribution in [0.3, 0.4) is 0 Å². The average molecular weight is 299 g/mol. The highest BCUT2D eigenvalue weighted by molar-refractivity contribution is 7.80. The maximum atomic E-state index is 12.3. The molecule has 0 unspecified atom stereocenters. The van der Waals surface area contributed by atoms with Gasteiger partial charge in [0.25, 0.3) is 5.91 Å². The maximum absolute atomic E-state index is 12.3. The number of likely N-dealkylation sites (tertiary alicyclic amines) is 1. The molecule has 4 nitrogen and oxygen atoms in total. The van der Waals surface area contributed by atoms with Crippen molar-refractivity contribution in [3.05, 3.63) is 28.8 Å². The lowest BCUT2D eigenvalue weighted by Gasteiger charge is -2.31. The third-order valence-corrected chi connectivity index (χ3v) is 3.94. The molecule has 1 saturated heterocycles. The smallest absolute Gasteiger partial charge is 0.257 e. The van der Waals surface area contributed by atoms with Crippen molar-refractivity contribution in [2.45, 2.75) is 12.8 Å². The molecule has 1 aromatic rings. The Kier molecular flexibility index (Phi) is 4.27. The van der Waals surface area contributed by atoms with Gasteiger partial charge in [0, 0.05) is 24.0 Å². The number of phenolic OH excluding ortho intramolecular Hbond substituents is 1. The molecule has 0 spiro atoms. The molecule has 1 heterocycles. The fraction of sp³-hybridized carbons (Fsp3) is 0.385. The summed E-state index contributed by atoms with van der Waals surface area (Å²) in [5.74, 6) is -0.0562. The van der Waals surface area contributed by atoms with E-state index in [-0.39, 0.29) is 23.1 Å². The highest BCUT2D eigenvalue weighted by atomic mass is 35.5. The second-order valence-electron chi connectivity index (χ2n) is 4.63. The normalized spacial score (nSPS) is 16.4. The van der Waals surface area contributed by atoms with Gasteiger partial charge in [0.05, 0.1) is 10.6 Å². The number of hydrogen-bond acceptors (Lipinski definition) is 3. The first-order valence-corrected chi connectivity index (χ1v) is 6.84. The van der Waals surface area contributed by atoms with Gasteiger partial charge >= 0.3 is 0 Å². The zero-order valence-corrected chi connectivity index (χ0v) is 11.9. The van der Waals surface area contributed by atoms with Gasteiger partial charge in [-0.2, -0.15) is 0 Å². The summed E-state index contributed by atoms with van der Waals surface area (Å²) in [6, 6.07) is 4.46. The molecule has 19 heavy (non-hydrogen) atoms. The molecule has 1 fully saturated rings. The van der Waals surface area contributed by atoms with Crippen molar-refractivity contribution in [3.63, 3.8) is 0 Å². The molecule has 2 rings (SSSR count). The second-order valence-corrected chi connectivity index (χ2v) is 5.54. The van der Waals surface area contributed by atoms with Crippen LogP contribution >= 0.6 is 23.8 Å². The Morgan fingerprint density at radius 2 is 2.05 bits per heavy atom. The third kappa shape index (κ3) is 3.16. The van der Waals surface area contributed by atoms with Gasteiger partial charge in [-0.15, -0.1) is 0 Å². The van der Waals surface area contributed by atoms with E-state index in [2.05, 4.69) is 0 Å². The minimum Gasteiger partial charge on any atom is -0.507 e. The molecule has 0 radical (unpaired) electrons. The molecular weight excluding hydrogens is 284 g/mol. The van der Waals surface area contributed by atoms with E-state index in [9.17, 15) is 9.90 Å². The lowest BCUT2D eigenvalue weighted by atomic mass is 9.96. The van der Waals surface area contributed by atoms with E-state index in [1.165, 1.54) is 12.1 Å². The summed E-state index contributed by atoms with van der Waals surface area (Å²) < 4.78 is 0. The molecule has 1 amide bonds. The third-order valence-electron chi connectivity index (χ3n) is 3.37. The standard InChI is InChI=1S/C13H15ClN2O2S/c14-9-1-2-11(17)10(7-9)13(18)16-5-3-8(4-6-16)12(15)19/h1-2,7-8,17H,3-6H2,(H2,15,19). The fourth-order valence-corrected chi connectivity index (χ4v) is 2.62. The Bertz CT molecular complexity index is 513. The minimum atomic E-state index is -0.207. The summed E-state index contributed by atoms with van der Waals surface area (Å²) in [6.45, 7) is 1.18. The number of aromatic hydroxyl groups is 1. The van der Waals surface area contributed by atoms with Crippen molar-refractivity contribution in [2.24, 2.45) is 11.7 Å². The molecular formula is C13H15ClN2O2S. The van der Waals surface area contributed by atoms with Gasteiger partial charge in [-0.25, -0.2) is 0 Å². The largest absolute Gasteiger partial charge is 0.507 e. The number of nitrogens with zero attached hydrogens (tertiary/aromatic N) is 1. The van der Waals surface area contributed by atoms with Gasteiger partial charge in [-0.05, 0) is 31.0 Å². The molecule has 0 saturated carbocycles. The molecule has 1 aliphatic heterocycles. The predicted molar refractivity (Wildman–Crippen MR) is 78.5 cm³/mol. The monoisotopic (exact) mass is 298 g/mol. The molecule has 3 N–H and O–H groups in total. The summed E-state index contributed by atoms with van der Waals surface area (Å²) in [7, 11) is 0. The molecule has 0 atom stereocenters. The SMILES string of the molecule is NC(=S)C1CCN(C(=O)c2cc(Cl)ccc2O)CC1. The summed E-state index contributed by atoms with van der Waals surface area (Å²) in [5, 5.41) is 10.2. The molecule has 6 heteroatoms. The maximum Gasteiger partial charge on any atom is 0.257 e. The van der Waals surface area contributed by atoms with Crippen LogP contribution in [0.2, 0.25) is 5.02 Å². The number of amides is 1. The molecule has 0 bridgehead atoms. The van der Waals surface area contributed by atoms with Gasteiger partial charge in [-0.3, -0.25) is 4.79 Å². The van der Waals surface area contributed by atoms with E-state index < -0.39 is 0 Å². The van der Waals surface area contributed by atoms with Gasteiger partial charge < -0.3 is 15.7 Å². The van der Waals surface area contributed by atoms with Gasteiger partial charge in [0.1, 0.15) is 5.75 Å². The first-order chi connectivity index (χ1) is 8.99. The second kappa shape index (κ2) is 5.75. The van der Waals surface area contributed by atoms with E-state index >= 15 is 0 Å². The molecule has 0 aliphatic carbocycles. The zero-order valence-electron chi connectivity index (χ0n) is 10.3. The molecule has 1 aliphatic rings. The highest BCUT2D eigenvalue weighted by Gasteiger charge is 2.26. The number of rotatable bonds is 2. The van der Waals surface area contributed by atoms with Crippen LogP contribution in [0.4, 0.5) is 0 Å². The zero-order chi connectivity index (χ0) is 14.0. The summed E-state index contributed by atoms with van der Waals surface area (Å²) in [6.07, 6.45) is 1.53. The summed E-state index contributed by atoms with van der Waals surface area (Å²) >= 11 is 10.8. The molecule has 1 aromatic carbocycles. The van der Waals surface area contributed by atoms with Crippen molar-refractivity contribution in [1.29, 1.82) is 0 Å². The Morgan fingerprint density at radius 3 is 2.63 bits per heavy atom. The number of piperidine rings is 1. The Hall–Kier alpha value is -1.33. The lowest BCUT2D eigenvalue weighted by Crippen LogP contribution is -2.41. The summed E-state index contributed by atoms with van der Waals surface area (Å²) in [4.78, 5) is 14.5. The van der Waals surface area contributed by atoms with Crippen LogP contribution in [-0.2, 0) is 0 Å². The van der Waals surface area contributed by atoms with Crippen LogP contribution in [0.15, 0.2) is 18.2 Å². The Balaban J connectivity index is 2.09. The number of carbonyl (C=O) groups excluding carboxylic acids is 1. The van der Waals surface area contributed by atoms with Crippen molar-refractivity contribution in [2.75, 3.05) is 13.1 Å². The van der Waals surface area contributed by atoms with E-state index in [0.29, 0.717) is 23.1 Å². The van der Waals surface area contributed by atoms with E-state index in [4.69, 9.17) is 29.6 Å². The number of phenols is 1. The van der Waals surface area contributed by atoms with Crippen LogP contribution in [0.1, 0.15) is 23.2 Å². The van der Waals surface area contributed by atoms with Crippen molar-refractivity contribution in [1.82, 2.24) is 4.90 Å². The van der Waals surface area contributed by atoms with Crippen molar-refractivity contribution >= 4 is 34.7 Å². The number of nitrogens with two attached hydrogens (primary N) is 1. The lowest BCUT2D eigenvalue weighted by molar-refractivity contribution is 0.0707. The average Bonchev–Trinajstić information content (AvgIpc) is 2.41. The summed E-state index contributed by atoms with van der Waals surface area (Å²) in [5.41, 5.74) is 5.85. The number of thiocarbonyl (C=S) groups is 1. The first kappa shape index (κ1) is 14.1. The first-order valence-electron chi connectivity index (χ1n) is 6.06. The van der Waals surface area contributed by atoms with E-state index in [0.717, 1.165) is 12.8 Å². The van der Waals surface area contributed by atoms with Gasteiger partial charge in [0.15, 0.2) is 0 Å². The Morgan fingerprint density at radius 1 is 1.42 bits per heavy atom. The number of benzene rings is 1. The van der Waals surface area contributed by atoms with Crippen LogP contribution in [0.5, 0.6) is 5.75 Å². The Labute approximate surface area is 122 Å². The topological polar surface area (TPSA) is 66.6 Å². The fourth-order valence-electron chi connectivity index (χ4n) is 2.22. The van der Waals surface area contributed by atoms with Crippen LogP contribution in [0, 0.1) is 5.92 Å². The van der Waals surface area contributed by atoms with Gasteiger partial charge in [-0.1, -0.05) is 23.8 Å². The van der Waals surface area contributed by atoms with E-state index in [1.807, 2.05) is 0 Å². The number of halogens is 1. The number of hydrogen-bond donors (Lipinski definition) is 2. The van der Waals surface area contributed by atoms with Crippen molar-refractivity contribution in [3.8, 4) is 5.75 Å². The van der Waals surface area contributed by atoms with Crippen LogP contribution in [-0.4, -0.2) is 34.0 Å². The minimum absolute atomic E-state index is 0.0501. The highest BCUT2D eigenvalue weighted by Crippen LogP contribution is 2.25. The van der Waals surface area contributed by atoms with Crippen LogP contribution in [0.25, 0.3) is 0 Å². The number of carbonyl (C=O) groups is 1.